The zero-order chi connectivity index (χ0) is 28.2. The standard InChI is InChI=1S/C28H42N2O9/c1-5-16-36-25-18(2)37-28(33)20(11-8-12-22(25)38-19-9-6-7-10-19)30-27(32)24-26(21(35-4)13-15-29-24)39-23(31)14-17-34-3/h13,15,18-20,22,25H,5-12,14,16-17H2,1-4H3,(H,30,32). The number of carbonyl (C=O) groups excluding carboxylic acids is 3. The molecule has 4 atom stereocenters. The summed E-state index contributed by atoms with van der Waals surface area (Å²) < 4.78 is 34.0. The molecule has 0 radical (unpaired) electrons. The third-order valence-electron chi connectivity index (χ3n) is 6.92. The average Bonchev–Trinajstić information content (AvgIpc) is 3.45. The Morgan fingerprint density at radius 2 is 1.87 bits per heavy atom. The zero-order valence-electron chi connectivity index (χ0n) is 23.4. The summed E-state index contributed by atoms with van der Waals surface area (Å²) in [4.78, 5) is 42.9. The van der Waals surface area contributed by atoms with Crippen LogP contribution in [-0.2, 0) is 28.5 Å². The summed E-state index contributed by atoms with van der Waals surface area (Å²) in [6.07, 6.45) is 7.15. The number of rotatable bonds is 12. The minimum atomic E-state index is -0.929. The zero-order valence-corrected chi connectivity index (χ0v) is 23.4. The molecule has 218 valence electrons. The fourth-order valence-corrected chi connectivity index (χ4v) is 4.91. The van der Waals surface area contributed by atoms with Gasteiger partial charge in [-0.2, -0.15) is 0 Å². The molecule has 1 aliphatic heterocycles. The Bertz CT molecular complexity index is 951. The van der Waals surface area contributed by atoms with E-state index in [4.69, 9.17) is 28.4 Å². The Kier molecular flexibility index (Phi) is 12.4. The van der Waals surface area contributed by atoms with Crippen LogP contribution in [0.2, 0.25) is 0 Å². The summed E-state index contributed by atoms with van der Waals surface area (Å²) in [6, 6.07) is 0.550. The molecule has 1 aromatic heterocycles. The van der Waals surface area contributed by atoms with Gasteiger partial charge in [-0.3, -0.25) is 9.59 Å². The van der Waals surface area contributed by atoms with E-state index in [0.717, 1.165) is 32.1 Å². The predicted molar refractivity (Wildman–Crippen MR) is 141 cm³/mol. The van der Waals surface area contributed by atoms with Crippen LogP contribution in [0.3, 0.4) is 0 Å². The molecule has 4 unspecified atom stereocenters. The lowest BCUT2D eigenvalue weighted by molar-refractivity contribution is -0.171. The number of hydrogen-bond acceptors (Lipinski definition) is 10. The number of nitrogens with zero attached hydrogens (tertiary/aromatic N) is 1. The van der Waals surface area contributed by atoms with E-state index >= 15 is 0 Å². The summed E-state index contributed by atoms with van der Waals surface area (Å²) >= 11 is 0. The van der Waals surface area contributed by atoms with Gasteiger partial charge in [0.15, 0.2) is 11.4 Å². The van der Waals surface area contributed by atoms with Crippen LogP contribution in [0, 0.1) is 0 Å². The van der Waals surface area contributed by atoms with Crippen molar-refractivity contribution in [2.45, 2.75) is 102 Å². The van der Waals surface area contributed by atoms with Crippen LogP contribution in [0.4, 0.5) is 0 Å². The Hall–Kier alpha value is -2.76. The van der Waals surface area contributed by atoms with Gasteiger partial charge in [0, 0.05) is 26.0 Å². The third-order valence-corrected chi connectivity index (χ3v) is 6.92. The molecule has 1 aliphatic carbocycles. The molecule has 11 heteroatoms. The smallest absolute Gasteiger partial charge is 0.329 e. The van der Waals surface area contributed by atoms with Gasteiger partial charge in [0.1, 0.15) is 18.2 Å². The summed E-state index contributed by atoms with van der Waals surface area (Å²) in [6.45, 7) is 4.52. The van der Waals surface area contributed by atoms with Crippen LogP contribution in [0.15, 0.2) is 12.3 Å². The molecule has 11 nitrogen and oxygen atoms in total. The number of nitrogens with one attached hydrogen (secondary N) is 1. The van der Waals surface area contributed by atoms with Gasteiger partial charge in [-0.1, -0.05) is 19.8 Å². The Morgan fingerprint density at radius 3 is 2.56 bits per heavy atom. The van der Waals surface area contributed by atoms with Crippen molar-refractivity contribution in [1.82, 2.24) is 10.3 Å². The highest BCUT2D eigenvalue weighted by molar-refractivity contribution is 5.98. The Morgan fingerprint density at radius 1 is 1.10 bits per heavy atom. The maximum atomic E-state index is 13.3. The summed E-state index contributed by atoms with van der Waals surface area (Å²) in [5.74, 6) is -1.83. The molecule has 2 heterocycles. The van der Waals surface area contributed by atoms with Gasteiger partial charge in [-0.05, 0) is 45.4 Å². The number of cyclic esters (lactones) is 1. The number of esters is 2. The van der Waals surface area contributed by atoms with E-state index in [9.17, 15) is 14.4 Å². The second kappa shape index (κ2) is 15.7. The molecule has 2 aliphatic rings. The number of aromatic nitrogens is 1. The number of methoxy groups -OCH3 is 2. The van der Waals surface area contributed by atoms with Crippen LogP contribution in [0.5, 0.6) is 11.5 Å². The summed E-state index contributed by atoms with van der Waals surface area (Å²) in [5.41, 5.74) is -0.174. The van der Waals surface area contributed by atoms with E-state index in [1.54, 1.807) is 6.92 Å². The van der Waals surface area contributed by atoms with Gasteiger partial charge in [0.25, 0.3) is 5.91 Å². The highest BCUT2D eigenvalue weighted by Crippen LogP contribution is 2.31. The van der Waals surface area contributed by atoms with E-state index in [2.05, 4.69) is 10.3 Å². The van der Waals surface area contributed by atoms with Crippen LogP contribution < -0.4 is 14.8 Å². The molecule has 2 fully saturated rings. The SMILES string of the molecule is CCCOC1C(C)OC(=O)C(NC(=O)c2nccc(OC)c2OC(=O)CCOC)CCCC1OC1CCCC1. The second-order valence-corrected chi connectivity index (χ2v) is 9.92. The minimum Gasteiger partial charge on any atom is -0.493 e. The van der Waals surface area contributed by atoms with Gasteiger partial charge >= 0.3 is 11.9 Å². The largest absolute Gasteiger partial charge is 0.493 e. The first kappa shape index (κ1) is 30.8. The van der Waals surface area contributed by atoms with Crippen molar-refractivity contribution in [2.75, 3.05) is 27.4 Å². The molecule has 1 saturated heterocycles. The number of pyridine rings is 1. The van der Waals surface area contributed by atoms with Gasteiger partial charge in [-0.25, -0.2) is 9.78 Å². The highest BCUT2D eigenvalue weighted by atomic mass is 16.6. The van der Waals surface area contributed by atoms with Gasteiger partial charge in [-0.15, -0.1) is 0 Å². The molecule has 1 N–H and O–H groups in total. The summed E-state index contributed by atoms with van der Waals surface area (Å²) in [5, 5.41) is 2.73. The minimum absolute atomic E-state index is 0.0200. The van der Waals surface area contributed by atoms with Crippen LogP contribution in [-0.4, -0.2) is 80.7 Å². The van der Waals surface area contributed by atoms with Crippen LogP contribution >= 0.6 is 0 Å². The number of hydrogen-bond donors (Lipinski definition) is 1. The number of carbonyl (C=O) groups is 3. The monoisotopic (exact) mass is 550 g/mol. The lowest BCUT2D eigenvalue weighted by Crippen LogP contribution is -2.46. The van der Waals surface area contributed by atoms with Crippen molar-refractivity contribution in [1.29, 1.82) is 0 Å². The van der Waals surface area contributed by atoms with Gasteiger partial charge in [0.05, 0.1) is 32.3 Å². The van der Waals surface area contributed by atoms with Crippen molar-refractivity contribution in [3.63, 3.8) is 0 Å². The Balaban J connectivity index is 1.76. The highest BCUT2D eigenvalue weighted by Gasteiger charge is 2.37. The second-order valence-electron chi connectivity index (χ2n) is 9.92. The number of amides is 1. The molecule has 39 heavy (non-hydrogen) atoms. The number of ether oxygens (including phenoxy) is 6. The van der Waals surface area contributed by atoms with Gasteiger partial charge in [0.2, 0.25) is 5.75 Å². The molecule has 0 spiro atoms. The topological polar surface area (TPSA) is 132 Å². The lowest BCUT2D eigenvalue weighted by atomic mass is 10.0. The quantitative estimate of drug-likeness (QED) is 0.386. The lowest BCUT2D eigenvalue weighted by Gasteiger charge is -2.32. The van der Waals surface area contributed by atoms with Crippen molar-refractivity contribution in [3.05, 3.63) is 18.0 Å². The molecule has 1 saturated carbocycles. The molecule has 3 rings (SSSR count). The van der Waals surface area contributed by atoms with Crippen LogP contribution in [0.1, 0.15) is 82.1 Å². The van der Waals surface area contributed by atoms with Crippen LogP contribution in [0.25, 0.3) is 0 Å². The van der Waals surface area contributed by atoms with Crippen molar-refractivity contribution < 1.29 is 42.8 Å². The predicted octanol–water partition coefficient (Wildman–Crippen LogP) is 3.37. The molecular formula is C28H42N2O9. The van der Waals surface area contributed by atoms with Gasteiger partial charge < -0.3 is 33.7 Å². The van der Waals surface area contributed by atoms with E-state index < -0.39 is 36.1 Å². The molecule has 0 bridgehead atoms. The fraction of sp³-hybridized carbons (Fsp3) is 0.714. The van der Waals surface area contributed by atoms with Crippen molar-refractivity contribution in [2.24, 2.45) is 0 Å². The van der Waals surface area contributed by atoms with E-state index in [1.807, 2.05) is 6.92 Å². The fourth-order valence-electron chi connectivity index (χ4n) is 4.91. The first-order valence-corrected chi connectivity index (χ1v) is 13.9. The van der Waals surface area contributed by atoms with E-state index in [-0.39, 0.29) is 42.4 Å². The van der Waals surface area contributed by atoms with Crippen molar-refractivity contribution >= 4 is 17.8 Å². The first-order chi connectivity index (χ1) is 18.9. The molecule has 1 amide bonds. The van der Waals surface area contributed by atoms with E-state index in [1.165, 1.54) is 26.5 Å². The molecular weight excluding hydrogens is 508 g/mol. The molecule has 0 aromatic carbocycles. The third kappa shape index (κ3) is 8.87. The maximum Gasteiger partial charge on any atom is 0.329 e. The van der Waals surface area contributed by atoms with Crippen molar-refractivity contribution in [3.8, 4) is 11.5 Å². The first-order valence-electron chi connectivity index (χ1n) is 13.9. The Labute approximate surface area is 230 Å². The maximum absolute atomic E-state index is 13.3. The average molecular weight is 551 g/mol. The molecule has 1 aromatic rings. The normalized spacial score (nSPS) is 24.3. The van der Waals surface area contributed by atoms with E-state index in [0.29, 0.717) is 25.9 Å². The summed E-state index contributed by atoms with van der Waals surface area (Å²) in [7, 11) is 2.86.